The molecule has 1 atom stereocenters. The molecule has 0 bridgehead atoms. The van der Waals surface area contributed by atoms with Crippen molar-refractivity contribution in [3.8, 4) is 0 Å². The third-order valence-corrected chi connectivity index (χ3v) is 3.79. The Morgan fingerprint density at radius 3 is 2.33 bits per heavy atom. The highest BCUT2D eigenvalue weighted by molar-refractivity contribution is 7.99. The smallest absolute Gasteiger partial charge is 0.323 e. The van der Waals surface area contributed by atoms with E-state index in [1.54, 1.807) is 11.8 Å². The number of aliphatic carboxylic acids is 1. The molecule has 0 heterocycles. The van der Waals surface area contributed by atoms with E-state index < -0.39 is 5.97 Å². The number of carbonyl (C=O) groups excluding carboxylic acids is 1. The minimum atomic E-state index is -0.948. The Bertz CT molecular complexity index is 269. The van der Waals surface area contributed by atoms with Crippen molar-refractivity contribution < 1.29 is 14.7 Å². The number of hydrogen-bond acceptors (Lipinski definition) is 3. The van der Waals surface area contributed by atoms with Crippen LogP contribution in [0.2, 0.25) is 0 Å². The zero-order valence-electron chi connectivity index (χ0n) is 11.8. The summed E-state index contributed by atoms with van der Waals surface area (Å²) in [5.74, 6) is 0.948. The lowest BCUT2D eigenvalue weighted by molar-refractivity contribution is -0.144. The second kappa shape index (κ2) is 9.25. The van der Waals surface area contributed by atoms with Crippen LogP contribution in [0.3, 0.4) is 0 Å². The lowest BCUT2D eigenvalue weighted by Crippen LogP contribution is -2.42. The van der Waals surface area contributed by atoms with Crippen molar-refractivity contribution >= 4 is 23.6 Å². The van der Waals surface area contributed by atoms with E-state index >= 15 is 0 Å². The van der Waals surface area contributed by atoms with Gasteiger partial charge in [0.05, 0.1) is 5.75 Å². The minimum Gasteiger partial charge on any atom is -0.480 e. The Kier molecular flexibility index (Phi) is 8.89. The van der Waals surface area contributed by atoms with E-state index in [9.17, 15) is 9.59 Å². The molecule has 0 saturated carbocycles. The molecule has 5 heteroatoms. The standard InChI is InChI=1S/C13H25NO3S/c1-5-11(4)14(8-13(16)17)12(15)9-18-7-6-10(2)3/h10-11H,5-9H2,1-4H3,(H,16,17). The number of amides is 1. The van der Waals surface area contributed by atoms with Crippen molar-refractivity contribution in [2.45, 2.75) is 46.6 Å². The largest absolute Gasteiger partial charge is 0.480 e. The van der Waals surface area contributed by atoms with Crippen LogP contribution >= 0.6 is 11.8 Å². The van der Waals surface area contributed by atoms with Crippen LogP contribution in [0.15, 0.2) is 0 Å². The van der Waals surface area contributed by atoms with Gasteiger partial charge < -0.3 is 10.0 Å². The summed E-state index contributed by atoms with van der Waals surface area (Å²) < 4.78 is 0. The van der Waals surface area contributed by atoms with E-state index in [-0.39, 0.29) is 18.5 Å². The molecular weight excluding hydrogens is 250 g/mol. The van der Waals surface area contributed by atoms with Crippen molar-refractivity contribution in [2.24, 2.45) is 5.92 Å². The summed E-state index contributed by atoms with van der Waals surface area (Å²) in [6, 6.07) is -0.0145. The quantitative estimate of drug-likeness (QED) is 0.657. The molecule has 4 nitrogen and oxygen atoms in total. The van der Waals surface area contributed by atoms with E-state index in [1.165, 1.54) is 4.90 Å². The van der Waals surface area contributed by atoms with Gasteiger partial charge in [-0.15, -0.1) is 0 Å². The normalized spacial score (nSPS) is 12.5. The number of nitrogens with zero attached hydrogens (tertiary/aromatic N) is 1. The van der Waals surface area contributed by atoms with Crippen LogP contribution in [0.5, 0.6) is 0 Å². The van der Waals surface area contributed by atoms with Gasteiger partial charge in [-0.2, -0.15) is 11.8 Å². The lowest BCUT2D eigenvalue weighted by Gasteiger charge is -2.26. The number of hydrogen-bond donors (Lipinski definition) is 1. The maximum Gasteiger partial charge on any atom is 0.323 e. The molecule has 0 aromatic carbocycles. The summed E-state index contributed by atoms with van der Waals surface area (Å²) in [5, 5.41) is 8.82. The maximum atomic E-state index is 12.0. The first-order valence-electron chi connectivity index (χ1n) is 6.47. The van der Waals surface area contributed by atoms with Gasteiger partial charge in [-0.1, -0.05) is 20.8 Å². The second-order valence-electron chi connectivity index (χ2n) is 4.91. The molecule has 0 saturated heterocycles. The highest BCUT2D eigenvalue weighted by Crippen LogP contribution is 2.12. The topological polar surface area (TPSA) is 57.6 Å². The average molecular weight is 275 g/mol. The van der Waals surface area contributed by atoms with Gasteiger partial charge in [0.15, 0.2) is 0 Å². The summed E-state index contributed by atoms with van der Waals surface area (Å²) in [4.78, 5) is 24.2. The fraction of sp³-hybridized carbons (Fsp3) is 0.846. The van der Waals surface area contributed by atoms with Gasteiger partial charge in [0, 0.05) is 6.04 Å². The summed E-state index contributed by atoms with van der Waals surface area (Å²) in [6.07, 6.45) is 1.86. The van der Waals surface area contributed by atoms with Gasteiger partial charge in [-0.3, -0.25) is 9.59 Å². The van der Waals surface area contributed by atoms with Crippen molar-refractivity contribution in [3.63, 3.8) is 0 Å². The Balaban J connectivity index is 4.17. The van der Waals surface area contributed by atoms with E-state index in [0.717, 1.165) is 18.6 Å². The van der Waals surface area contributed by atoms with Crippen LogP contribution in [0.25, 0.3) is 0 Å². The Hall–Kier alpha value is -0.710. The van der Waals surface area contributed by atoms with E-state index in [4.69, 9.17) is 5.11 Å². The fourth-order valence-electron chi connectivity index (χ4n) is 1.42. The molecule has 0 aromatic heterocycles. The zero-order valence-corrected chi connectivity index (χ0v) is 12.6. The first-order valence-corrected chi connectivity index (χ1v) is 7.62. The third kappa shape index (κ3) is 7.58. The Morgan fingerprint density at radius 1 is 1.28 bits per heavy atom. The first kappa shape index (κ1) is 17.3. The Labute approximate surface area is 114 Å². The van der Waals surface area contributed by atoms with Crippen LogP contribution in [-0.4, -0.2) is 46.0 Å². The number of carbonyl (C=O) groups is 2. The fourth-order valence-corrected chi connectivity index (χ4v) is 2.54. The summed E-state index contributed by atoms with van der Waals surface area (Å²) in [5.41, 5.74) is 0. The van der Waals surface area contributed by atoms with Crippen LogP contribution in [0, 0.1) is 5.92 Å². The highest BCUT2D eigenvalue weighted by atomic mass is 32.2. The molecule has 0 aromatic rings. The molecule has 0 fully saturated rings. The van der Waals surface area contributed by atoms with Crippen LogP contribution in [0.4, 0.5) is 0 Å². The Morgan fingerprint density at radius 2 is 1.89 bits per heavy atom. The van der Waals surface area contributed by atoms with Crippen molar-refractivity contribution in [2.75, 3.05) is 18.1 Å². The zero-order chi connectivity index (χ0) is 14.1. The predicted octanol–water partition coefficient (Wildman–Crippen LogP) is 2.48. The SMILES string of the molecule is CCC(C)N(CC(=O)O)C(=O)CSCCC(C)C. The van der Waals surface area contributed by atoms with Gasteiger partial charge in [0.2, 0.25) is 5.91 Å². The van der Waals surface area contributed by atoms with Gasteiger partial charge >= 0.3 is 5.97 Å². The van der Waals surface area contributed by atoms with Crippen LogP contribution < -0.4 is 0 Å². The number of thioether (sulfide) groups is 1. The third-order valence-electron chi connectivity index (χ3n) is 2.81. The number of carboxylic acids is 1. The molecule has 0 spiro atoms. The van der Waals surface area contributed by atoms with Crippen molar-refractivity contribution in [1.82, 2.24) is 4.90 Å². The number of rotatable bonds is 9. The predicted molar refractivity (Wildman–Crippen MR) is 75.9 cm³/mol. The summed E-state index contributed by atoms with van der Waals surface area (Å²) >= 11 is 1.59. The highest BCUT2D eigenvalue weighted by Gasteiger charge is 2.21. The van der Waals surface area contributed by atoms with Crippen molar-refractivity contribution in [3.05, 3.63) is 0 Å². The van der Waals surface area contributed by atoms with Crippen LogP contribution in [-0.2, 0) is 9.59 Å². The second-order valence-corrected chi connectivity index (χ2v) is 6.01. The van der Waals surface area contributed by atoms with Crippen LogP contribution in [0.1, 0.15) is 40.5 Å². The lowest BCUT2D eigenvalue weighted by atomic mass is 10.2. The first-order chi connectivity index (χ1) is 8.38. The molecular formula is C13H25NO3S. The monoisotopic (exact) mass is 275 g/mol. The molecule has 0 aliphatic heterocycles. The van der Waals surface area contributed by atoms with Gasteiger partial charge in [-0.05, 0) is 31.4 Å². The maximum absolute atomic E-state index is 12.0. The molecule has 18 heavy (non-hydrogen) atoms. The average Bonchev–Trinajstić information content (AvgIpc) is 2.29. The van der Waals surface area contributed by atoms with Crippen molar-refractivity contribution in [1.29, 1.82) is 0 Å². The summed E-state index contributed by atoms with van der Waals surface area (Å²) in [7, 11) is 0. The van der Waals surface area contributed by atoms with E-state index in [1.807, 2.05) is 13.8 Å². The number of carboxylic acid groups (broad SMARTS) is 1. The van der Waals surface area contributed by atoms with E-state index in [2.05, 4.69) is 13.8 Å². The molecule has 0 rings (SSSR count). The molecule has 1 amide bonds. The molecule has 106 valence electrons. The minimum absolute atomic E-state index is 0.0145. The van der Waals surface area contributed by atoms with Gasteiger partial charge in [0.1, 0.15) is 6.54 Å². The molecule has 0 aliphatic carbocycles. The molecule has 1 unspecified atom stereocenters. The van der Waals surface area contributed by atoms with E-state index in [0.29, 0.717) is 11.7 Å². The summed E-state index contributed by atoms with van der Waals surface area (Å²) in [6.45, 7) is 7.95. The van der Waals surface area contributed by atoms with Gasteiger partial charge in [-0.25, -0.2) is 0 Å². The van der Waals surface area contributed by atoms with Gasteiger partial charge in [0.25, 0.3) is 0 Å². The molecule has 0 radical (unpaired) electrons. The molecule has 0 aliphatic rings. The molecule has 1 N–H and O–H groups in total.